The van der Waals surface area contributed by atoms with Crippen molar-refractivity contribution in [3.8, 4) is 0 Å². The Hall–Kier alpha value is -1.42. The monoisotopic (exact) mass is 253 g/mol. The molecule has 2 N–H and O–H groups in total. The minimum atomic E-state index is -0.303. The standard InChI is InChI=1S/C14H20FNO2/c1-14(2,7-8-17)10-16-13(18)9-11-3-5-12(15)6-4-11/h3-6,17H,7-10H2,1-2H3,(H,16,18). The number of aliphatic hydroxyl groups is 1. The highest BCUT2D eigenvalue weighted by Crippen LogP contribution is 2.17. The van der Waals surface area contributed by atoms with Crippen LogP contribution < -0.4 is 5.32 Å². The molecule has 0 aromatic heterocycles. The molecule has 0 bridgehead atoms. The zero-order valence-corrected chi connectivity index (χ0v) is 10.9. The van der Waals surface area contributed by atoms with Gasteiger partial charge in [-0.2, -0.15) is 0 Å². The van der Waals surface area contributed by atoms with Crippen molar-refractivity contribution in [1.82, 2.24) is 5.32 Å². The van der Waals surface area contributed by atoms with Crippen LogP contribution in [0.3, 0.4) is 0 Å². The van der Waals surface area contributed by atoms with Gasteiger partial charge in [0.2, 0.25) is 5.91 Å². The number of hydrogen-bond acceptors (Lipinski definition) is 2. The Bertz CT molecular complexity index is 387. The first-order chi connectivity index (χ1) is 8.43. The average molecular weight is 253 g/mol. The first-order valence-electron chi connectivity index (χ1n) is 6.05. The highest BCUT2D eigenvalue weighted by Gasteiger charge is 2.18. The Kier molecular flexibility index (Phi) is 5.28. The van der Waals surface area contributed by atoms with Crippen molar-refractivity contribution in [3.63, 3.8) is 0 Å². The van der Waals surface area contributed by atoms with Gasteiger partial charge in [0.1, 0.15) is 5.82 Å². The van der Waals surface area contributed by atoms with Gasteiger partial charge >= 0.3 is 0 Å². The van der Waals surface area contributed by atoms with Gasteiger partial charge in [-0.25, -0.2) is 4.39 Å². The van der Waals surface area contributed by atoms with Gasteiger partial charge < -0.3 is 10.4 Å². The zero-order valence-electron chi connectivity index (χ0n) is 10.9. The molecule has 0 saturated carbocycles. The first kappa shape index (κ1) is 14.6. The maximum absolute atomic E-state index is 12.7. The van der Waals surface area contributed by atoms with Crippen LogP contribution in [0, 0.1) is 11.2 Å². The maximum atomic E-state index is 12.7. The molecule has 18 heavy (non-hydrogen) atoms. The number of rotatable bonds is 6. The Morgan fingerprint density at radius 3 is 2.50 bits per heavy atom. The van der Waals surface area contributed by atoms with Crippen molar-refractivity contribution in [1.29, 1.82) is 0 Å². The van der Waals surface area contributed by atoms with Gasteiger partial charge in [0.05, 0.1) is 6.42 Å². The molecule has 100 valence electrons. The molecule has 3 nitrogen and oxygen atoms in total. The van der Waals surface area contributed by atoms with Crippen molar-refractivity contribution in [3.05, 3.63) is 35.6 Å². The second-order valence-electron chi connectivity index (χ2n) is 5.22. The van der Waals surface area contributed by atoms with Gasteiger partial charge in [0.25, 0.3) is 0 Å². The van der Waals surface area contributed by atoms with Gasteiger partial charge in [0.15, 0.2) is 0 Å². The van der Waals surface area contributed by atoms with Crippen LogP contribution in [0.15, 0.2) is 24.3 Å². The SMILES string of the molecule is CC(C)(CCO)CNC(=O)Cc1ccc(F)cc1. The van der Waals surface area contributed by atoms with Gasteiger partial charge in [-0.3, -0.25) is 4.79 Å². The predicted octanol–water partition coefficient (Wildman–Crippen LogP) is 1.89. The first-order valence-corrected chi connectivity index (χ1v) is 6.05. The summed E-state index contributed by atoms with van der Waals surface area (Å²) in [5.74, 6) is -0.393. The smallest absolute Gasteiger partial charge is 0.224 e. The van der Waals surface area contributed by atoms with Gasteiger partial charge in [-0.05, 0) is 29.5 Å². The van der Waals surface area contributed by atoms with E-state index in [9.17, 15) is 9.18 Å². The van der Waals surface area contributed by atoms with E-state index in [0.717, 1.165) is 5.56 Å². The van der Waals surface area contributed by atoms with Crippen LogP contribution in [0.25, 0.3) is 0 Å². The summed E-state index contributed by atoms with van der Waals surface area (Å²) < 4.78 is 12.7. The summed E-state index contributed by atoms with van der Waals surface area (Å²) in [7, 11) is 0. The van der Waals surface area contributed by atoms with Crippen LogP contribution in [0.2, 0.25) is 0 Å². The second kappa shape index (κ2) is 6.50. The van der Waals surface area contributed by atoms with Crippen molar-refractivity contribution in [2.45, 2.75) is 26.7 Å². The molecule has 4 heteroatoms. The van der Waals surface area contributed by atoms with E-state index < -0.39 is 0 Å². The Morgan fingerprint density at radius 2 is 1.94 bits per heavy atom. The van der Waals surface area contributed by atoms with E-state index in [1.54, 1.807) is 12.1 Å². The summed E-state index contributed by atoms with van der Waals surface area (Å²) in [6, 6.07) is 5.90. The van der Waals surface area contributed by atoms with Crippen molar-refractivity contribution < 1.29 is 14.3 Å². The van der Waals surface area contributed by atoms with E-state index in [-0.39, 0.29) is 30.2 Å². The largest absolute Gasteiger partial charge is 0.396 e. The van der Waals surface area contributed by atoms with Gasteiger partial charge in [-0.1, -0.05) is 26.0 Å². The number of carbonyl (C=O) groups excluding carboxylic acids is 1. The highest BCUT2D eigenvalue weighted by atomic mass is 19.1. The third-order valence-corrected chi connectivity index (χ3v) is 2.83. The number of benzene rings is 1. The van der Waals surface area contributed by atoms with Crippen LogP contribution in [0.1, 0.15) is 25.8 Å². The van der Waals surface area contributed by atoms with Crippen molar-refractivity contribution in [2.75, 3.05) is 13.2 Å². The molecule has 1 aromatic rings. The molecule has 0 radical (unpaired) electrons. The minimum absolute atomic E-state index is 0.0902. The molecule has 0 fully saturated rings. The number of aliphatic hydroxyl groups excluding tert-OH is 1. The molecular weight excluding hydrogens is 233 g/mol. The molecule has 0 heterocycles. The van der Waals surface area contributed by atoms with Gasteiger partial charge in [-0.15, -0.1) is 0 Å². The van der Waals surface area contributed by atoms with Gasteiger partial charge in [0, 0.05) is 13.2 Å². The lowest BCUT2D eigenvalue weighted by Gasteiger charge is -2.23. The highest BCUT2D eigenvalue weighted by molar-refractivity contribution is 5.78. The second-order valence-corrected chi connectivity index (χ2v) is 5.22. The van der Waals surface area contributed by atoms with E-state index in [2.05, 4.69) is 5.32 Å². The summed E-state index contributed by atoms with van der Waals surface area (Å²) in [5, 5.41) is 11.7. The fraction of sp³-hybridized carbons (Fsp3) is 0.500. The molecule has 1 amide bonds. The van der Waals surface area contributed by atoms with Crippen LogP contribution in [-0.4, -0.2) is 24.2 Å². The molecule has 0 aliphatic rings. The van der Waals surface area contributed by atoms with E-state index in [1.165, 1.54) is 12.1 Å². The number of amides is 1. The van der Waals surface area contributed by atoms with E-state index in [4.69, 9.17) is 5.11 Å². The molecule has 0 atom stereocenters. The molecule has 0 unspecified atom stereocenters. The number of hydrogen-bond donors (Lipinski definition) is 2. The molecule has 0 aliphatic heterocycles. The third kappa shape index (κ3) is 5.27. The molecule has 0 spiro atoms. The van der Waals surface area contributed by atoms with Crippen LogP contribution in [0.4, 0.5) is 4.39 Å². The molecule has 1 rings (SSSR count). The van der Waals surface area contributed by atoms with Crippen LogP contribution in [0.5, 0.6) is 0 Å². The third-order valence-electron chi connectivity index (χ3n) is 2.83. The lowest BCUT2D eigenvalue weighted by Crippen LogP contribution is -2.35. The number of carbonyl (C=O) groups is 1. The lowest BCUT2D eigenvalue weighted by molar-refractivity contribution is -0.120. The average Bonchev–Trinajstić information content (AvgIpc) is 2.30. The quantitative estimate of drug-likeness (QED) is 0.813. The summed E-state index contributed by atoms with van der Waals surface area (Å²) in [6.45, 7) is 4.61. The van der Waals surface area contributed by atoms with E-state index in [1.807, 2.05) is 13.8 Å². The summed E-state index contributed by atoms with van der Waals surface area (Å²) in [4.78, 5) is 11.7. The normalized spacial score (nSPS) is 11.3. The lowest BCUT2D eigenvalue weighted by atomic mass is 9.89. The molecule has 1 aromatic carbocycles. The van der Waals surface area contributed by atoms with Crippen LogP contribution in [-0.2, 0) is 11.2 Å². The Morgan fingerprint density at radius 1 is 1.33 bits per heavy atom. The zero-order chi connectivity index (χ0) is 13.6. The molecule has 0 saturated heterocycles. The van der Waals surface area contributed by atoms with E-state index >= 15 is 0 Å². The fourth-order valence-corrected chi connectivity index (χ4v) is 1.58. The fourth-order valence-electron chi connectivity index (χ4n) is 1.58. The Balaban J connectivity index is 2.40. The summed E-state index contributed by atoms with van der Waals surface area (Å²) in [6.07, 6.45) is 0.888. The van der Waals surface area contributed by atoms with Crippen molar-refractivity contribution >= 4 is 5.91 Å². The summed E-state index contributed by atoms with van der Waals surface area (Å²) in [5.41, 5.74) is 0.668. The number of halogens is 1. The molecular formula is C14H20FNO2. The number of nitrogens with one attached hydrogen (secondary N) is 1. The topological polar surface area (TPSA) is 49.3 Å². The minimum Gasteiger partial charge on any atom is -0.396 e. The van der Waals surface area contributed by atoms with Crippen LogP contribution >= 0.6 is 0 Å². The van der Waals surface area contributed by atoms with Crippen molar-refractivity contribution in [2.24, 2.45) is 5.41 Å². The maximum Gasteiger partial charge on any atom is 0.224 e. The predicted molar refractivity (Wildman–Crippen MR) is 68.6 cm³/mol. The summed E-state index contributed by atoms with van der Waals surface area (Å²) >= 11 is 0. The molecule has 0 aliphatic carbocycles. The van der Waals surface area contributed by atoms with E-state index in [0.29, 0.717) is 13.0 Å². The Labute approximate surface area is 107 Å².